The van der Waals surface area contributed by atoms with Crippen molar-refractivity contribution in [2.45, 2.75) is 18.2 Å². The summed E-state index contributed by atoms with van der Waals surface area (Å²) in [7, 11) is -2.32. The Hall–Kier alpha value is -1.31. The molecule has 0 aliphatic heterocycles. The fraction of sp³-hybridized carbons (Fsp3) is 0.400. The van der Waals surface area contributed by atoms with Crippen LogP contribution in [0.5, 0.6) is 0 Å². The van der Waals surface area contributed by atoms with Crippen LogP contribution in [0.2, 0.25) is 0 Å². The maximum atomic E-state index is 11.3. The molecule has 0 atom stereocenters. The van der Waals surface area contributed by atoms with E-state index in [-0.39, 0.29) is 10.6 Å². The Kier molecular flexibility index (Phi) is 4.33. The maximum Gasteiger partial charge on any atom is 0.240 e. The van der Waals surface area contributed by atoms with Gasteiger partial charge in [-0.1, -0.05) is 13.0 Å². The third-order valence-electron chi connectivity index (χ3n) is 2.27. The van der Waals surface area contributed by atoms with E-state index in [0.717, 1.165) is 6.42 Å². The van der Waals surface area contributed by atoms with Gasteiger partial charge in [0.1, 0.15) is 4.90 Å². The highest BCUT2D eigenvalue weighted by Crippen LogP contribution is 2.29. The summed E-state index contributed by atoms with van der Waals surface area (Å²) in [6, 6.07) is 4.63. The van der Waals surface area contributed by atoms with Gasteiger partial charge >= 0.3 is 0 Å². The number of hydrogen-bond donors (Lipinski definition) is 2. The summed E-state index contributed by atoms with van der Waals surface area (Å²) in [6.45, 7) is 2.58. The minimum atomic E-state index is -3.82. The molecule has 0 amide bonds. The summed E-state index contributed by atoms with van der Waals surface area (Å²) in [5.74, 6) is 0. The topological polar surface area (TPSA) is 98.6 Å². The fourth-order valence-electron chi connectivity index (χ4n) is 1.51. The van der Waals surface area contributed by atoms with E-state index in [0.29, 0.717) is 12.2 Å². The molecular formula is C10H17N3O3S. The Labute approximate surface area is 101 Å². The van der Waals surface area contributed by atoms with Gasteiger partial charge in [0.05, 0.1) is 18.5 Å². The molecule has 0 bridgehead atoms. The van der Waals surface area contributed by atoms with Crippen LogP contribution in [-0.4, -0.2) is 22.1 Å². The van der Waals surface area contributed by atoms with Crippen LogP contribution in [0.1, 0.15) is 13.3 Å². The van der Waals surface area contributed by atoms with E-state index in [1.54, 1.807) is 12.1 Å². The zero-order chi connectivity index (χ0) is 13.1. The molecule has 7 heteroatoms. The summed E-state index contributed by atoms with van der Waals surface area (Å²) in [4.78, 5) is 5.05. The van der Waals surface area contributed by atoms with E-state index >= 15 is 0 Å². The second-order valence-electron chi connectivity index (χ2n) is 3.52. The van der Waals surface area contributed by atoms with Crippen molar-refractivity contribution in [2.24, 2.45) is 5.14 Å². The van der Waals surface area contributed by atoms with Gasteiger partial charge in [-0.2, -0.15) is 0 Å². The third-order valence-corrected chi connectivity index (χ3v) is 3.23. The summed E-state index contributed by atoms with van der Waals surface area (Å²) >= 11 is 0. The molecule has 0 spiro atoms. The monoisotopic (exact) mass is 259 g/mol. The van der Waals surface area contributed by atoms with E-state index in [2.05, 4.69) is 0 Å². The molecule has 0 fully saturated rings. The smallest absolute Gasteiger partial charge is 0.240 e. The van der Waals surface area contributed by atoms with Gasteiger partial charge in [0.2, 0.25) is 10.0 Å². The highest BCUT2D eigenvalue weighted by atomic mass is 32.2. The number of nitrogens with two attached hydrogens (primary N) is 2. The second-order valence-corrected chi connectivity index (χ2v) is 5.05. The Morgan fingerprint density at radius 2 is 2.06 bits per heavy atom. The summed E-state index contributed by atoms with van der Waals surface area (Å²) in [5, 5.41) is 6.61. The summed E-state index contributed by atoms with van der Waals surface area (Å²) in [5.41, 5.74) is 6.40. The van der Waals surface area contributed by atoms with Crippen LogP contribution in [-0.2, 0) is 14.9 Å². The minimum Gasteiger partial charge on any atom is -0.396 e. The molecule has 17 heavy (non-hydrogen) atoms. The molecule has 0 saturated carbocycles. The molecule has 0 aromatic heterocycles. The van der Waals surface area contributed by atoms with Gasteiger partial charge in [-0.3, -0.25) is 9.90 Å². The molecule has 0 aliphatic carbocycles. The highest BCUT2D eigenvalue weighted by molar-refractivity contribution is 7.89. The van der Waals surface area contributed by atoms with Crippen molar-refractivity contribution in [1.29, 1.82) is 0 Å². The van der Waals surface area contributed by atoms with Crippen molar-refractivity contribution >= 4 is 21.4 Å². The first-order chi connectivity index (χ1) is 7.91. The standard InChI is InChI=1S/C10H17N3O3S/c1-3-7-13(16-2)8-5-4-6-9(10(8)11)17(12,14)15/h4-6H,3,7,11H2,1-2H3,(H2,12,14,15). The molecule has 0 aliphatic rings. The molecule has 0 radical (unpaired) electrons. The number of anilines is 2. The van der Waals surface area contributed by atoms with Gasteiger partial charge in [-0.05, 0) is 18.6 Å². The highest BCUT2D eigenvalue weighted by Gasteiger charge is 2.17. The largest absolute Gasteiger partial charge is 0.396 e. The predicted molar refractivity (Wildman–Crippen MR) is 66.9 cm³/mol. The molecule has 96 valence electrons. The number of nitrogens with zero attached hydrogens (tertiary/aromatic N) is 1. The van der Waals surface area contributed by atoms with Crippen molar-refractivity contribution in [1.82, 2.24) is 0 Å². The number of nitrogen functional groups attached to an aromatic ring is 1. The SMILES string of the molecule is CCCN(OC)c1cccc(S(N)(=O)=O)c1N. The molecule has 4 N–H and O–H groups in total. The first kappa shape index (κ1) is 13.8. The van der Waals surface area contributed by atoms with E-state index in [1.165, 1.54) is 18.2 Å². The van der Waals surface area contributed by atoms with E-state index in [1.807, 2.05) is 6.92 Å². The molecule has 0 heterocycles. The van der Waals surface area contributed by atoms with Crippen LogP contribution in [0.4, 0.5) is 11.4 Å². The van der Waals surface area contributed by atoms with Crippen molar-refractivity contribution in [3.8, 4) is 0 Å². The zero-order valence-corrected chi connectivity index (χ0v) is 10.7. The van der Waals surface area contributed by atoms with Gasteiger partial charge < -0.3 is 5.73 Å². The Morgan fingerprint density at radius 3 is 2.53 bits per heavy atom. The number of para-hydroxylation sites is 1. The Balaban J connectivity index is 3.27. The average molecular weight is 259 g/mol. The molecular weight excluding hydrogens is 242 g/mol. The minimum absolute atomic E-state index is 0.0897. The molecule has 6 nitrogen and oxygen atoms in total. The zero-order valence-electron chi connectivity index (χ0n) is 9.88. The van der Waals surface area contributed by atoms with Crippen molar-refractivity contribution < 1.29 is 13.3 Å². The first-order valence-corrected chi connectivity index (χ1v) is 6.69. The van der Waals surface area contributed by atoms with Gasteiger partial charge in [-0.15, -0.1) is 0 Å². The van der Waals surface area contributed by atoms with E-state index < -0.39 is 10.0 Å². The first-order valence-electron chi connectivity index (χ1n) is 5.14. The Bertz CT molecular complexity index is 488. The van der Waals surface area contributed by atoms with Crippen LogP contribution >= 0.6 is 0 Å². The number of primary sulfonamides is 1. The number of hydroxylamine groups is 1. The van der Waals surface area contributed by atoms with Crippen molar-refractivity contribution in [3.63, 3.8) is 0 Å². The van der Waals surface area contributed by atoms with Gasteiger partial charge in [0.25, 0.3) is 0 Å². The fourth-order valence-corrected chi connectivity index (χ4v) is 2.19. The lowest BCUT2D eigenvalue weighted by Gasteiger charge is -2.23. The number of benzene rings is 1. The molecule has 0 unspecified atom stereocenters. The molecule has 1 aromatic carbocycles. The van der Waals surface area contributed by atoms with E-state index in [4.69, 9.17) is 15.7 Å². The van der Waals surface area contributed by atoms with Crippen LogP contribution in [0.15, 0.2) is 23.1 Å². The number of sulfonamides is 1. The van der Waals surface area contributed by atoms with Crippen molar-refractivity contribution in [3.05, 3.63) is 18.2 Å². The second kappa shape index (κ2) is 5.35. The average Bonchev–Trinajstić information content (AvgIpc) is 2.25. The quantitative estimate of drug-likeness (QED) is 0.599. The van der Waals surface area contributed by atoms with Crippen molar-refractivity contribution in [2.75, 3.05) is 24.5 Å². The van der Waals surface area contributed by atoms with E-state index in [9.17, 15) is 8.42 Å². The summed E-state index contributed by atoms with van der Waals surface area (Å²) < 4.78 is 22.6. The van der Waals surface area contributed by atoms with Crippen LogP contribution < -0.4 is 15.9 Å². The van der Waals surface area contributed by atoms with Gasteiger partial charge in [-0.25, -0.2) is 13.6 Å². The summed E-state index contributed by atoms with van der Waals surface area (Å²) in [6.07, 6.45) is 0.840. The van der Waals surface area contributed by atoms with Gasteiger partial charge in [0.15, 0.2) is 0 Å². The van der Waals surface area contributed by atoms with Crippen LogP contribution in [0.25, 0.3) is 0 Å². The number of hydrogen-bond acceptors (Lipinski definition) is 5. The molecule has 1 aromatic rings. The predicted octanol–water partition coefficient (Wildman–Crippen LogP) is 0.694. The lowest BCUT2D eigenvalue weighted by molar-refractivity contribution is 0.167. The molecule has 0 saturated heterocycles. The number of rotatable bonds is 5. The molecule has 1 rings (SSSR count). The normalized spacial score (nSPS) is 11.5. The lowest BCUT2D eigenvalue weighted by Crippen LogP contribution is -2.24. The van der Waals surface area contributed by atoms with Crippen LogP contribution in [0.3, 0.4) is 0 Å². The maximum absolute atomic E-state index is 11.3. The Morgan fingerprint density at radius 1 is 1.41 bits per heavy atom. The lowest BCUT2D eigenvalue weighted by atomic mass is 10.2. The third kappa shape index (κ3) is 3.09. The van der Waals surface area contributed by atoms with Gasteiger partial charge in [0, 0.05) is 6.54 Å². The van der Waals surface area contributed by atoms with Crippen LogP contribution in [0, 0.1) is 0 Å².